The fraction of sp³-hybridized carbons (Fsp3) is 0.471. The zero-order valence-corrected chi connectivity index (χ0v) is 14.3. The van der Waals surface area contributed by atoms with E-state index in [1.807, 2.05) is 0 Å². The highest BCUT2D eigenvalue weighted by atomic mass is 16.7. The molecule has 0 amide bonds. The lowest BCUT2D eigenvalue weighted by Gasteiger charge is -2.39. The third kappa shape index (κ3) is 4.14. The van der Waals surface area contributed by atoms with Crippen molar-refractivity contribution in [3.63, 3.8) is 0 Å². The van der Waals surface area contributed by atoms with E-state index < -0.39 is 37.3 Å². The first-order valence-electron chi connectivity index (χ1n) is 7.81. The summed E-state index contributed by atoms with van der Waals surface area (Å²) in [5.41, 5.74) is 0.604. The van der Waals surface area contributed by atoms with Crippen LogP contribution in [0.25, 0.3) is 6.08 Å². The van der Waals surface area contributed by atoms with Gasteiger partial charge in [-0.3, -0.25) is 4.79 Å². The highest BCUT2D eigenvalue weighted by Crippen LogP contribution is 2.40. The summed E-state index contributed by atoms with van der Waals surface area (Å²) < 4.78 is 21.5. The van der Waals surface area contributed by atoms with E-state index in [4.69, 9.17) is 18.9 Å². The molecule has 0 saturated carbocycles. The normalized spacial score (nSPS) is 28.8. The molecule has 9 nitrogen and oxygen atoms in total. The molecule has 1 aromatic rings. The van der Waals surface area contributed by atoms with Gasteiger partial charge >= 0.3 is 0 Å². The minimum atomic E-state index is -1.57. The van der Waals surface area contributed by atoms with Crippen LogP contribution in [0.1, 0.15) is 5.56 Å². The van der Waals surface area contributed by atoms with E-state index in [9.17, 15) is 25.2 Å². The van der Waals surface area contributed by atoms with Crippen molar-refractivity contribution in [2.45, 2.75) is 30.7 Å². The van der Waals surface area contributed by atoms with Gasteiger partial charge in [0.2, 0.25) is 12.0 Å². The molecule has 9 heteroatoms. The zero-order valence-electron chi connectivity index (χ0n) is 14.3. The second kappa shape index (κ2) is 8.97. The van der Waals surface area contributed by atoms with Gasteiger partial charge in [0, 0.05) is 0 Å². The third-order valence-electron chi connectivity index (χ3n) is 3.93. The van der Waals surface area contributed by atoms with Crippen molar-refractivity contribution in [3.8, 4) is 17.2 Å². The number of benzene rings is 1. The first-order chi connectivity index (χ1) is 12.5. The monoisotopic (exact) mass is 370 g/mol. The Bertz CT molecular complexity index is 618. The molecule has 1 heterocycles. The maximum absolute atomic E-state index is 10.5. The number of carbonyl (C=O) groups is 1. The van der Waals surface area contributed by atoms with Crippen LogP contribution in [0.3, 0.4) is 0 Å². The van der Waals surface area contributed by atoms with Crippen molar-refractivity contribution in [2.75, 3.05) is 20.8 Å². The summed E-state index contributed by atoms with van der Waals surface area (Å²) in [6.07, 6.45) is -3.67. The highest BCUT2D eigenvalue weighted by molar-refractivity contribution is 5.75. The molecule has 1 aliphatic rings. The largest absolute Gasteiger partial charge is 0.493 e. The minimum Gasteiger partial charge on any atom is -0.493 e. The average Bonchev–Trinajstić information content (AvgIpc) is 2.66. The number of hydrogen-bond donors (Lipinski definition) is 4. The second-order valence-corrected chi connectivity index (χ2v) is 5.56. The fourth-order valence-corrected chi connectivity index (χ4v) is 2.54. The summed E-state index contributed by atoms with van der Waals surface area (Å²) in [6.45, 7) is -0.575. The number of aliphatic hydroxyl groups is 4. The van der Waals surface area contributed by atoms with Crippen LogP contribution in [0, 0.1) is 0 Å². The molecular weight excluding hydrogens is 348 g/mol. The van der Waals surface area contributed by atoms with E-state index in [1.54, 1.807) is 12.1 Å². The number of rotatable bonds is 7. The maximum Gasteiger partial charge on any atom is 0.229 e. The molecule has 0 spiro atoms. The van der Waals surface area contributed by atoms with Crippen molar-refractivity contribution in [1.29, 1.82) is 0 Å². The van der Waals surface area contributed by atoms with Gasteiger partial charge in [0.15, 0.2) is 11.5 Å². The van der Waals surface area contributed by atoms with Gasteiger partial charge < -0.3 is 39.4 Å². The summed E-state index contributed by atoms with van der Waals surface area (Å²) in [5.74, 6) is 0.543. The first kappa shape index (κ1) is 20.1. The molecule has 1 aromatic carbocycles. The average molecular weight is 370 g/mol. The van der Waals surface area contributed by atoms with E-state index in [0.717, 1.165) is 0 Å². The molecule has 0 aromatic heterocycles. The zero-order chi connectivity index (χ0) is 19.3. The highest BCUT2D eigenvalue weighted by Gasteiger charge is 2.45. The Morgan fingerprint density at radius 2 is 1.69 bits per heavy atom. The van der Waals surface area contributed by atoms with Crippen LogP contribution in [-0.2, 0) is 9.53 Å². The Balaban J connectivity index is 2.35. The molecule has 0 aliphatic carbocycles. The first-order valence-corrected chi connectivity index (χ1v) is 7.81. The lowest BCUT2D eigenvalue weighted by molar-refractivity contribution is -0.277. The van der Waals surface area contributed by atoms with E-state index in [-0.39, 0.29) is 17.2 Å². The Morgan fingerprint density at radius 3 is 2.19 bits per heavy atom. The summed E-state index contributed by atoms with van der Waals surface area (Å²) in [6, 6.07) is 3.14. The van der Waals surface area contributed by atoms with Crippen molar-refractivity contribution < 1.29 is 44.2 Å². The fourth-order valence-electron chi connectivity index (χ4n) is 2.54. The molecule has 0 unspecified atom stereocenters. The van der Waals surface area contributed by atoms with Crippen molar-refractivity contribution in [1.82, 2.24) is 0 Å². The summed E-state index contributed by atoms with van der Waals surface area (Å²) in [7, 11) is 2.78. The van der Waals surface area contributed by atoms with Gasteiger partial charge in [0.05, 0.1) is 20.8 Å². The quantitative estimate of drug-likeness (QED) is 0.355. The number of aldehydes is 1. The van der Waals surface area contributed by atoms with Crippen molar-refractivity contribution >= 4 is 12.4 Å². The third-order valence-corrected chi connectivity index (χ3v) is 3.93. The molecule has 5 atom stereocenters. The second-order valence-electron chi connectivity index (χ2n) is 5.56. The smallest absolute Gasteiger partial charge is 0.229 e. The van der Waals surface area contributed by atoms with E-state index in [1.165, 1.54) is 26.4 Å². The number of allylic oxidation sites excluding steroid dienone is 1. The van der Waals surface area contributed by atoms with Gasteiger partial charge in [-0.1, -0.05) is 6.08 Å². The van der Waals surface area contributed by atoms with Crippen LogP contribution < -0.4 is 14.2 Å². The SMILES string of the molecule is COc1cc(C=CC=O)cc(OC)c1O[C@@H]1O[C@H](CO)[C@@H](O)[C@H](O)[C@H]1O. The van der Waals surface area contributed by atoms with Crippen LogP contribution in [0.2, 0.25) is 0 Å². The van der Waals surface area contributed by atoms with Gasteiger partial charge in [0.25, 0.3) is 0 Å². The number of methoxy groups -OCH3 is 2. The van der Waals surface area contributed by atoms with E-state index in [0.29, 0.717) is 11.8 Å². The van der Waals surface area contributed by atoms with Gasteiger partial charge in [0.1, 0.15) is 30.7 Å². The molecule has 144 valence electrons. The Hall–Kier alpha value is -2.17. The standard InChI is InChI=1S/C17H22O9/c1-23-10-6-9(4-3-5-18)7-11(24-2)16(10)26-17-15(22)14(21)13(20)12(8-19)25-17/h3-7,12-15,17,19-22H,8H2,1-2H3/t12-,13-,14+,15-,17+/m1/s1. The van der Waals surface area contributed by atoms with Crippen LogP contribution in [0.15, 0.2) is 18.2 Å². The van der Waals surface area contributed by atoms with Gasteiger partial charge in [-0.2, -0.15) is 0 Å². The molecule has 4 N–H and O–H groups in total. The van der Waals surface area contributed by atoms with Gasteiger partial charge in [-0.05, 0) is 23.8 Å². The summed E-state index contributed by atoms with van der Waals surface area (Å²) in [5, 5.41) is 39.0. The summed E-state index contributed by atoms with van der Waals surface area (Å²) >= 11 is 0. The minimum absolute atomic E-state index is 0.0857. The lowest BCUT2D eigenvalue weighted by atomic mass is 9.99. The number of aliphatic hydroxyl groups excluding tert-OH is 4. The molecule has 0 bridgehead atoms. The van der Waals surface area contributed by atoms with Gasteiger partial charge in [-0.25, -0.2) is 0 Å². The number of hydrogen-bond acceptors (Lipinski definition) is 9. The molecule has 1 fully saturated rings. The molecule has 0 radical (unpaired) electrons. The predicted molar refractivity (Wildman–Crippen MR) is 89.0 cm³/mol. The maximum atomic E-state index is 10.5. The molecule has 26 heavy (non-hydrogen) atoms. The molecular formula is C17H22O9. The Labute approximate surface area is 150 Å². The number of ether oxygens (including phenoxy) is 4. The van der Waals surface area contributed by atoms with Crippen LogP contribution in [-0.4, -0.2) is 78.2 Å². The van der Waals surface area contributed by atoms with Crippen molar-refractivity contribution in [3.05, 3.63) is 23.8 Å². The molecule has 1 aliphatic heterocycles. The number of carbonyl (C=O) groups excluding carboxylic acids is 1. The lowest BCUT2D eigenvalue weighted by Crippen LogP contribution is -2.60. The van der Waals surface area contributed by atoms with E-state index in [2.05, 4.69) is 0 Å². The predicted octanol–water partition coefficient (Wildman–Crippen LogP) is -0.905. The van der Waals surface area contributed by atoms with Crippen LogP contribution in [0.5, 0.6) is 17.2 Å². The van der Waals surface area contributed by atoms with Crippen molar-refractivity contribution in [2.24, 2.45) is 0 Å². The Kier molecular flexibility index (Phi) is 6.95. The van der Waals surface area contributed by atoms with Crippen LogP contribution in [0.4, 0.5) is 0 Å². The summed E-state index contributed by atoms with van der Waals surface area (Å²) in [4.78, 5) is 10.5. The topological polar surface area (TPSA) is 135 Å². The van der Waals surface area contributed by atoms with Gasteiger partial charge in [-0.15, -0.1) is 0 Å². The van der Waals surface area contributed by atoms with Crippen LogP contribution >= 0.6 is 0 Å². The molecule has 2 rings (SSSR count). The molecule has 1 saturated heterocycles. The van der Waals surface area contributed by atoms with E-state index >= 15 is 0 Å². The Morgan fingerprint density at radius 1 is 1.08 bits per heavy atom.